The van der Waals surface area contributed by atoms with E-state index in [9.17, 15) is 14.3 Å². The molecule has 1 aromatic carbocycles. The van der Waals surface area contributed by atoms with E-state index in [4.69, 9.17) is 11.6 Å². The highest BCUT2D eigenvalue weighted by atomic mass is 35.5. The van der Waals surface area contributed by atoms with Crippen LogP contribution in [0.15, 0.2) is 6.07 Å². The molecule has 13 heavy (non-hydrogen) atoms. The first kappa shape index (κ1) is 8.31. The number of esters is 1. The molecular weight excluding hydrogens is 199 g/mol. The molecule has 1 aromatic rings. The van der Waals surface area contributed by atoms with Gasteiger partial charge in [-0.1, -0.05) is 11.6 Å². The van der Waals surface area contributed by atoms with E-state index in [2.05, 4.69) is 4.74 Å². The van der Waals surface area contributed by atoms with Crippen molar-refractivity contribution in [2.24, 2.45) is 0 Å². The van der Waals surface area contributed by atoms with Crippen molar-refractivity contribution >= 4 is 17.6 Å². The van der Waals surface area contributed by atoms with E-state index < -0.39 is 11.8 Å². The topological polar surface area (TPSA) is 46.5 Å². The van der Waals surface area contributed by atoms with Crippen LogP contribution in [0.1, 0.15) is 15.9 Å². The molecule has 0 amide bonds. The van der Waals surface area contributed by atoms with Crippen LogP contribution in [0.5, 0.6) is 5.75 Å². The lowest BCUT2D eigenvalue weighted by Crippen LogP contribution is -1.96. The van der Waals surface area contributed by atoms with Crippen LogP contribution >= 0.6 is 11.6 Å². The van der Waals surface area contributed by atoms with Crippen molar-refractivity contribution in [2.75, 3.05) is 0 Å². The molecule has 0 bridgehead atoms. The van der Waals surface area contributed by atoms with E-state index in [1.165, 1.54) is 0 Å². The molecular formula is C8H4ClFO3. The highest BCUT2D eigenvalue weighted by Crippen LogP contribution is 2.35. The first-order valence-electron chi connectivity index (χ1n) is 3.48. The highest BCUT2D eigenvalue weighted by Gasteiger charge is 2.29. The third-order valence-electron chi connectivity index (χ3n) is 1.86. The Balaban J connectivity index is 2.77. The van der Waals surface area contributed by atoms with E-state index in [1.807, 2.05) is 0 Å². The molecule has 0 spiro atoms. The molecule has 0 aliphatic carbocycles. The second-order valence-corrected chi connectivity index (χ2v) is 3.00. The molecule has 2 rings (SSSR count). The number of cyclic esters (lactones) is 1. The molecule has 0 saturated heterocycles. The Hall–Kier alpha value is -1.29. The molecule has 0 fully saturated rings. The normalized spacial score (nSPS) is 14.2. The van der Waals surface area contributed by atoms with Gasteiger partial charge in [0.2, 0.25) is 0 Å². The quantitative estimate of drug-likeness (QED) is 0.653. The Morgan fingerprint density at radius 3 is 3.00 bits per heavy atom. The minimum Gasteiger partial charge on any atom is -0.507 e. The average molecular weight is 203 g/mol. The van der Waals surface area contributed by atoms with E-state index in [-0.39, 0.29) is 28.5 Å². The fraction of sp³-hybridized carbons (Fsp3) is 0.125. The van der Waals surface area contributed by atoms with Gasteiger partial charge in [0.15, 0.2) is 0 Å². The van der Waals surface area contributed by atoms with E-state index in [0.29, 0.717) is 0 Å². The minimum absolute atomic E-state index is 0.0556. The molecule has 0 saturated carbocycles. The highest BCUT2D eigenvalue weighted by molar-refractivity contribution is 6.34. The summed E-state index contributed by atoms with van der Waals surface area (Å²) >= 11 is 5.52. The predicted octanol–water partition coefficient (Wildman–Crippen LogP) is 1.86. The summed E-state index contributed by atoms with van der Waals surface area (Å²) in [6, 6.07) is 0.864. The maximum atomic E-state index is 12.9. The van der Waals surface area contributed by atoms with Crippen molar-refractivity contribution in [3.8, 4) is 5.75 Å². The fourth-order valence-corrected chi connectivity index (χ4v) is 1.47. The maximum absolute atomic E-state index is 12.9. The number of aromatic hydroxyl groups is 1. The first-order valence-corrected chi connectivity index (χ1v) is 3.86. The van der Waals surface area contributed by atoms with Crippen molar-refractivity contribution in [1.82, 2.24) is 0 Å². The minimum atomic E-state index is -0.822. The third-order valence-corrected chi connectivity index (χ3v) is 2.22. The van der Waals surface area contributed by atoms with Gasteiger partial charge in [0.25, 0.3) is 0 Å². The molecule has 1 aliphatic heterocycles. The lowest BCUT2D eigenvalue weighted by Gasteiger charge is -2.01. The standard InChI is InChI=1S/C8H4ClFO3/c9-7-4(10)1-5(11)3-2-13-8(12)6(3)7/h1,11H,2H2. The van der Waals surface area contributed by atoms with Gasteiger partial charge in [-0.25, -0.2) is 9.18 Å². The number of rotatable bonds is 0. The van der Waals surface area contributed by atoms with E-state index in [0.717, 1.165) is 6.07 Å². The number of phenolic OH excluding ortho intramolecular Hbond substituents is 1. The monoisotopic (exact) mass is 202 g/mol. The first-order chi connectivity index (χ1) is 6.11. The molecule has 1 heterocycles. The zero-order chi connectivity index (χ0) is 9.59. The van der Waals surface area contributed by atoms with Gasteiger partial charge in [0.05, 0.1) is 10.6 Å². The number of phenols is 1. The van der Waals surface area contributed by atoms with E-state index >= 15 is 0 Å². The van der Waals surface area contributed by atoms with Crippen molar-refractivity contribution in [1.29, 1.82) is 0 Å². The van der Waals surface area contributed by atoms with Gasteiger partial charge in [-0.05, 0) is 0 Å². The molecule has 68 valence electrons. The van der Waals surface area contributed by atoms with Crippen LogP contribution in [-0.2, 0) is 11.3 Å². The maximum Gasteiger partial charge on any atom is 0.340 e. The summed E-state index contributed by atoms with van der Waals surface area (Å²) in [5.41, 5.74) is 0.176. The number of carbonyl (C=O) groups excluding carboxylic acids is 1. The van der Waals surface area contributed by atoms with Crippen molar-refractivity contribution in [3.05, 3.63) is 28.0 Å². The largest absolute Gasteiger partial charge is 0.507 e. The van der Waals surface area contributed by atoms with Gasteiger partial charge in [0.1, 0.15) is 18.2 Å². The molecule has 0 radical (unpaired) electrons. The summed E-state index contributed by atoms with van der Waals surface area (Å²) in [6.45, 7) is -0.0556. The van der Waals surface area contributed by atoms with Crippen LogP contribution in [0.2, 0.25) is 5.02 Å². The number of ether oxygens (including phenoxy) is 1. The molecule has 1 N–H and O–H groups in total. The smallest absolute Gasteiger partial charge is 0.340 e. The summed E-state index contributed by atoms with van der Waals surface area (Å²) in [7, 11) is 0. The summed E-state index contributed by atoms with van der Waals surface area (Å²) in [5.74, 6) is -1.82. The Labute approximate surface area is 77.7 Å². The van der Waals surface area contributed by atoms with Crippen molar-refractivity contribution in [2.45, 2.75) is 6.61 Å². The average Bonchev–Trinajstić information content (AvgIpc) is 2.44. The molecule has 3 nitrogen and oxygen atoms in total. The lowest BCUT2D eigenvalue weighted by atomic mass is 10.1. The summed E-state index contributed by atoms with van der Waals surface area (Å²) in [4.78, 5) is 11.0. The number of halogens is 2. The zero-order valence-corrected chi connectivity index (χ0v) is 7.06. The van der Waals surface area contributed by atoms with Crippen LogP contribution < -0.4 is 0 Å². The van der Waals surface area contributed by atoms with Gasteiger partial charge >= 0.3 is 5.97 Å². The summed E-state index contributed by atoms with van der Waals surface area (Å²) in [6.07, 6.45) is 0. The SMILES string of the molecule is O=C1OCc2c(O)cc(F)c(Cl)c21. The Morgan fingerprint density at radius 2 is 2.31 bits per heavy atom. The number of carbonyl (C=O) groups is 1. The Morgan fingerprint density at radius 1 is 1.62 bits per heavy atom. The van der Waals surface area contributed by atoms with Gasteiger partial charge < -0.3 is 9.84 Å². The Kier molecular flexibility index (Phi) is 1.66. The number of hydrogen-bond acceptors (Lipinski definition) is 3. The molecule has 0 unspecified atom stereocenters. The number of fused-ring (bicyclic) bond motifs is 1. The molecule has 0 atom stereocenters. The van der Waals surface area contributed by atoms with Crippen LogP contribution in [-0.4, -0.2) is 11.1 Å². The van der Waals surface area contributed by atoms with Crippen LogP contribution in [0.3, 0.4) is 0 Å². The van der Waals surface area contributed by atoms with Gasteiger partial charge in [-0.15, -0.1) is 0 Å². The Bertz CT molecular complexity index is 403. The lowest BCUT2D eigenvalue weighted by molar-refractivity contribution is 0.0534. The fourth-order valence-electron chi connectivity index (χ4n) is 1.22. The van der Waals surface area contributed by atoms with Crippen molar-refractivity contribution < 1.29 is 19.0 Å². The number of hydrogen-bond donors (Lipinski definition) is 1. The van der Waals surface area contributed by atoms with Crippen LogP contribution in [0.4, 0.5) is 4.39 Å². The van der Waals surface area contributed by atoms with Crippen LogP contribution in [0.25, 0.3) is 0 Å². The predicted molar refractivity (Wildman–Crippen MR) is 42.2 cm³/mol. The second-order valence-electron chi connectivity index (χ2n) is 2.62. The van der Waals surface area contributed by atoms with Gasteiger partial charge in [-0.2, -0.15) is 0 Å². The van der Waals surface area contributed by atoms with Gasteiger partial charge in [-0.3, -0.25) is 0 Å². The molecule has 0 aromatic heterocycles. The molecule has 1 aliphatic rings. The third kappa shape index (κ3) is 1.06. The zero-order valence-electron chi connectivity index (χ0n) is 6.30. The second kappa shape index (κ2) is 2.60. The number of benzene rings is 1. The summed E-state index contributed by atoms with van der Waals surface area (Å²) in [5, 5.41) is 8.93. The summed E-state index contributed by atoms with van der Waals surface area (Å²) < 4.78 is 17.5. The van der Waals surface area contributed by atoms with Crippen LogP contribution in [0, 0.1) is 5.82 Å². The van der Waals surface area contributed by atoms with Crippen molar-refractivity contribution in [3.63, 3.8) is 0 Å². The van der Waals surface area contributed by atoms with E-state index in [1.54, 1.807) is 0 Å². The van der Waals surface area contributed by atoms with Gasteiger partial charge in [0, 0.05) is 11.6 Å². The molecule has 5 heteroatoms.